The maximum absolute atomic E-state index is 13.0. The Kier molecular flexibility index (Phi) is 4.77. The van der Waals surface area contributed by atoms with E-state index in [1.54, 1.807) is 0 Å². The molecule has 0 aliphatic carbocycles. The maximum atomic E-state index is 13.0. The van der Waals surface area contributed by atoms with Gasteiger partial charge in [0.25, 0.3) is 0 Å². The Labute approximate surface area is 121 Å². The standard InChI is InChI=1S/C16H15FO4/c1-11-3-2-4-13(9-11)20-7-8-21-15-6-5-12(17)10-14(15)16(18)19/h2-6,9-10H,7-8H2,1H3,(H,18,19). The van der Waals surface area contributed by atoms with E-state index in [1.807, 2.05) is 31.2 Å². The average Bonchev–Trinajstić information content (AvgIpc) is 2.44. The van der Waals surface area contributed by atoms with Crippen LogP contribution in [0, 0.1) is 12.7 Å². The van der Waals surface area contributed by atoms with Crippen molar-refractivity contribution in [3.8, 4) is 11.5 Å². The molecule has 0 radical (unpaired) electrons. The molecule has 1 N–H and O–H groups in total. The molecular formula is C16H15FO4. The molecule has 0 saturated heterocycles. The molecular weight excluding hydrogens is 275 g/mol. The lowest BCUT2D eigenvalue weighted by molar-refractivity contribution is 0.0690. The van der Waals surface area contributed by atoms with Crippen molar-refractivity contribution in [2.24, 2.45) is 0 Å². The highest BCUT2D eigenvalue weighted by molar-refractivity contribution is 5.90. The third-order valence-electron chi connectivity index (χ3n) is 2.77. The Hall–Kier alpha value is -2.56. The van der Waals surface area contributed by atoms with Gasteiger partial charge in [-0.3, -0.25) is 0 Å². The number of rotatable bonds is 6. The predicted molar refractivity (Wildman–Crippen MR) is 75.5 cm³/mol. The van der Waals surface area contributed by atoms with Crippen LogP contribution in [0.3, 0.4) is 0 Å². The predicted octanol–water partition coefficient (Wildman–Crippen LogP) is 3.29. The topological polar surface area (TPSA) is 55.8 Å². The van der Waals surface area contributed by atoms with Gasteiger partial charge in [-0.05, 0) is 42.8 Å². The van der Waals surface area contributed by atoms with Gasteiger partial charge in [0.1, 0.15) is 36.1 Å². The van der Waals surface area contributed by atoms with Crippen molar-refractivity contribution < 1.29 is 23.8 Å². The summed E-state index contributed by atoms with van der Waals surface area (Å²) in [5.74, 6) is -1.01. The first-order valence-corrected chi connectivity index (χ1v) is 6.41. The number of hydrogen-bond acceptors (Lipinski definition) is 3. The van der Waals surface area contributed by atoms with Gasteiger partial charge in [-0.2, -0.15) is 0 Å². The Morgan fingerprint density at radius 2 is 1.90 bits per heavy atom. The van der Waals surface area contributed by atoms with E-state index < -0.39 is 11.8 Å². The fourth-order valence-electron chi connectivity index (χ4n) is 1.81. The zero-order valence-corrected chi connectivity index (χ0v) is 11.5. The van der Waals surface area contributed by atoms with Crippen molar-refractivity contribution in [3.05, 3.63) is 59.4 Å². The summed E-state index contributed by atoms with van der Waals surface area (Å²) in [4.78, 5) is 11.0. The van der Waals surface area contributed by atoms with Gasteiger partial charge in [0, 0.05) is 0 Å². The minimum atomic E-state index is -1.23. The highest BCUT2D eigenvalue weighted by Gasteiger charge is 2.12. The molecule has 0 heterocycles. The van der Waals surface area contributed by atoms with Gasteiger partial charge in [-0.25, -0.2) is 9.18 Å². The zero-order valence-electron chi connectivity index (χ0n) is 11.5. The summed E-state index contributed by atoms with van der Waals surface area (Å²) in [5.41, 5.74) is 0.880. The summed E-state index contributed by atoms with van der Waals surface area (Å²) in [5, 5.41) is 8.98. The molecule has 0 bridgehead atoms. The molecule has 2 aromatic carbocycles. The van der Waals surface area contributed by atoms with Gasteiger partial charge in [-0.15, -0.1) is 0 Å². The van der Waals surface area contributed by atoms with Crippen LogP contribution in [0.2, 0.25) is 0 Å². The number of halogens is 1. The normalized spacial score (nSPS) is 10.2. The number of aryl methyl sites for hydroxylation is 1. The first-order valence-electron chi connectivity index (χ1n) is 6.41. The maximum Gasteiger partial charge on any atom is 0.339 e. The second-order valence-corrected chi connectivity index (χ2v) is 4.46. The van der Waals surface area contributed by atoms with E-state index in [0.717, 1.165) is 23.4 Å². The van der Waals surface area contributed by atoms with Crippen LogP contribution in [-0.2, 0) is 0 Å². The van der Waals surface area contributed by atoms with Crippen LogP contribution in [0.5, 0.6) is 11.5 Å². The Morgan fingerprint density at radius 1 is 1.14 bits per heavy atom. The molecule has 0 aliphatic heterocycles. The summed E-state index contributed by atoms with van der Waals surface area (Å²) in [7, 11) is 0. The third-order valence-corrected chi connectivity index (χ3v) is 2.77. The molecule has 5 heteroatoms. The van der Waals surface area contributed by atoms with Crippen LogP contribution in [0.1, 0.15) is 15.9 Å². The van der Waals surface area contributed by atoms with E-state index in [0.29, 0.717) is 0 Å². The lowest BCUT2D eigenvalue weighted by atomic mass is 10.2. The van der Waals surface area contributed by atoms with Gasteiger partial charge >= 0.3 is 5.97 Å². The molecule has 4 nitrogen and oxygen atoms in total. The summed E-state index contributed by atoms with van der Waals surface area (Å²) in [6, 6.07) is 10.9. The van der Waals surface area contributed by atoms with Crippen LogP contribution < -0.4 is 9.47 Å². The lowest BCUT2D eigenvalue weighted by Crippen LogP contribution is -2.11. The number of carboxylic acids is 1. The lowest BCUT2D eigenvalue weighted by Gasteiger charge is -2.10. The fourth-order valence-corrected chi connectivity index (χ4v) is 1.81. The summed E-state index contributed by atoms with van der Waals surface area (Å²) < 4.78 is 23.8. The van der Waals surface area contributed by atoms with Crippen LogP contribution in [0.15, 0.2) is 42.5 Å². The van der Waals surface area contributed by atoms with Gasteiger partial charge in [0.15, 0.2) is 0 Å². The minimum absolute atomic E-state index is 0.122. The van der Waals surface area contributed by atoms with Gasteiger partial charge in [-0.1, -0.05) is 12.1 Å². The molecule has 0 aliphatic rings. The first kappa shape index (κ1) is 14.8. The van der Waals surface area contributed by atoms with Gasteiger partial charge in [0.05, 0.1) is 0 Å². The minimum Gasteiger partial charge on any atom is -0.490 e. The molecule has 21 heavy (non-hydrogen) atoms. The SMILES string of the molecule is Cc1cccc(OCCOc2ccc(F)cc2C(=O)O)c1. The molecule has 0 saturated carbocycles. The monoisotopic (exact) mass is 290 g/mol. The third kappa shape index (κ3) is 4.21. The number of aromatic carboxylic acids is 1. The average molecular weight is 290 g/mol. The van der Waals surface area contributed by atoms with Gasteiger partial charge < -0.3 is 14.6 Å². The van der Waals surface area contributed by atoms with Crippen molar-refractivity contribution in [2.75, 3.05) is 13.2 Å². The summed E-state index contributed by atoms with van der Waals surface area (Å²) in [6.07, 6.45) is 0. The number of benzene rings is 2. The number of carbonyl (C=O) groups is 1. The summed E-state index contributed by atoms with van der Waals surface area (Å²) in [6.45, 7) is 2.39. The van der Waals surface area contributed by atoms with Crippen molar-refractivity contribution in [2.45, 2.75) is 6.92 Å². The van der Waals surface area contributed by atoms with E-state index in [4.69, 9.17) is 14.6 Å². The van der Waals surface area contributed by atoms with Crippen molar-refractivity contribution in [1.29, 1.82) is 0 Å². The largest absolute Gasteiger partial charge is 0.490 e. The molecule has 2 aromatic rings. The van der Waals surface area contributed by atoms with Crippen LogP contribution in [-0.4, -0.2) is 24.3 Å². The van der Waals surface area contributed by atoms with E-state index in [9.17, 15) is 9.18 Å². The molecule has 0 unspecified atom stereocenters. The second-order valence-electron chi connectivity index (χ2n) is 4.46. The van der Waals surface area contributed by atoms with E-state index in [1.165, 1.54) is 6.07 Å². The van der Waals surface area contributed by atoms with E-state index >= 15 is 0 Å². The molecule has 0 aromatic heterocycles. The Bertz CT molecular complexity index is 640. The highest BCUT2D eigenvalue weighted by atomic mass is 19.1. The molecule has 0 fully saturated rings. The van der Waals surface area contributed by atoms with E-state index in [2.05, 4.69) is 0 Å². The summed E-state index contributed by atoms with van der Waals surface area (Å²) >= 11 is 0. The Balaban J connectivity index is 1.90. The number of carboxylic acid groups (broad SMARTS) is 1. The molecule has 2 rings (SSSR count). The molecule has 0 amide bonds. The van der Waals surface area contributed by atoms with Crippen LogP contribution in [0.25, 0.3) is 0 Å². The number of ether oxygens (including phenoxy) is 2. The zero-order chi connectivity index (χ0) is 15.2. The highest BCUT2D eigenvalue weighted by Crippen LogP contribution is 2.20. The van der Waals surface area contributed by atoms with Crippen molar-refractivity contribution in [1.82, 2.24) is 0 Å². The molecule has 0 atom stereocenters. The van der Waals surface area contributed by atoms with Crippen LogP contribution >= 0.6 is 0 Å². The quantitative estimate of drug-likeness (QED) is 0.829. The van der Waals surface area contributed by atoms with Crippen molar-refractivity contribution >= 4 is 5.97 Å². The fraction of sp³-hybridized carbons (Fsp3) is 0.188. The van der Waals surface area contributed by atoms with Crippen molar-refractivity contribution in [3.63, 3.8) is 0 Å². The Morgan fingerprint density at radius 3 is 2.62 bits per heavy atom. The first-order chi connectivity index (χ1) is 10.1. The van der Waals surface area contributed by atoms with E-state index in [-0.39, 0.29) is 24.5 Å². The molecule has 110 valence electrons. The number of hydrogen-bond donors (Lipinski definition) is 1. The van der Waals surface area contributed by atoms with Gasteiger partial charge in [0.2, 0.25) is 0 Å². The smallest absolute Gasteiger partial charge is 0.339 e. The van der Waals surface area contributed by atoms with Crippen LogP contribution in [0.4, 0.5) is 4.39 Å². The second kappa shape index (κ2) is 6.74. The molecule has 0 spiro atoms.